The molecule has 0 spiro atoms. The fourth-order valence-electron chi connectivity index (χ4n) is 2.38. The molecule has 0 heterocycles. The Morgan fingerprint density at radius 2 is 1.08 bits per heavy atom. The zero-order valence-electron chi connectivity index (χ0n) is 11.3. The van der Waals surface area contributed by atoms with E-state index < -0.39 is 46.1 Å². The molecule has 124 valence electrons. The lowest BCUT2D eigenvalue weighted by Crippen LogP contribution is -2.20. The van der Waals surface area contributed by atoms with Crippen molar-refractivity contribution < 1.29 is 39.6 Å². The predicted octanol–water partition coefficient (Wildman–Crippen LogP) is 2.84. The number of benzene rings is 2. The van der Waals surface area contributed by atoms with E-state index in [0.29, 0.717) is 7.14 Å². The van der Waals surface area contributed by atoms with Crippen molar-refractivity contribution >= 4 is 79.8 Å². The molecule has 4 N–H and O–H groups in total. The number of hydrogen-bond acceptors (Lipinski definition) is 4. The van der Waals surface area contributed by atoms with E-state index in [1.165, 1.54) is 12.1 Å². The summed E-state index contributed by atoms with van der Waals surface area (Å²) >= 11 is 3.65. The van der Waals surface area contributed by atoms with E-state index >= 15 is 0 Å². The maximum atomic E-state index is 11.7. The SMILES string of the molecule is O=C(O)c1c(C(=O)O)c(C(=O)O)c2c(I)c(I)ccc2c1C(=O)O. The molecule has 0 fully saturated rings. The van der Waals surface area contributed by atoms with Crippen molar-refractivity contribution in [2.24, 2.45) is 0 Å². The van der Waals surface area contributed by atoms with Gasteiger partial charge in [-0.05, 0) is 56.6 Å². The van der Waals surface area contributed by atoms with Crippen molar-refractivity contribution in [3.63, 3.8) is 0 Å². The Kier molecular flexibility index (Phi) is 4.98. The van der Waals surface area contributed by atoms with E-state index in [2.05, 4.69) is 0 Å². The van der Waals surface area contributed by atoms with Gasteiger partial charge in [-0.2, -0.15) is 0 Å². The molecule has 0 aliphatic rings. The molecular weight excluding hydrogens is 550 g/mol. The van der Waals surface area contributed by atoms with Gasteiger partial charge in [0, 0.05) is 12.5 Å². The lowest BCUT2D eigenvalue weighted by Gasteiger charge is -2.16. The summed E-state index contributed by atoms with van der Waals surface area (Å²) in [5.74, 6) is -6.97. The molecule has 0 unspecified atom stereocenters. The van der Waals surface area contributed by atoms with E-state index in [9.17, 15) is 39.6 Å². The van der Waals surface area contributed by atoms with Gasteiger partial charge in [0.1, 0.15) is 0 Å². The highest BCUT2D eigenvalue weighted by Crippen LogP contribution is 2.36. The minimum absolute atomic E-state index is 0.116. The number of halogens is 2. The van der Waals surface area contributed by atoms with Crippen LogP contribution in [0.4, 0.5) is 0 Å². The highest BCUT2D eigenvalue weighted by molar-refractivity contribution is 14.1. The van der Waals surface area contributed by atoms with Crippen LogP contribution >= 0.6 is 45.2 Å². The number of aromatic carboxylic acids is 4. The molecule has 10 heteroatoms. The fourth-order valence-corrected chi connectivity index (χ4v) is 3.57. The molecule has 0 aromatic heterocycles. The van der Waals surface area contributed by atoms with Crippen LogP contribution in [0.25, 0.3) is 10.8 Å². The van der Waals surface area contributed by atoms with Crippen LogP contribution in [0.1, 0.15) is 41.4 Å². The Labute approximate surface area is 160 Å². The standard InChI is InChI=1S/C14H6I2O8/c15-4-2-1-3-5(10(4)16)7(12(19)20)9(14(23)24)8(13(21)22)6(3)11(17)18/h1-2H,(H,17,18)(H,19,20)(H,21,22)(H,23,24). The lowest BCUT2D eigenvalue weighted by atomic mass is 9.88. The number of fused-ring (bicyclic) bond motifs is 1. The van der Waals surface area contributed by atoms with Crippen molar-refractivity contribution in [1.82, 2.24) is 0 Å². The summed E-state index contributed by atoms with van der Waals surface area (Å²) in [4.78, 5) is 46.3. The monoisotopic (exact) mass is 556 g/mol. The van der Waals surface area contributed by atoms with E-state index in [1.807, 2.05) is 22.6 Å². The second kappa shape index (κ2) is 6.51. The van der Waals surface area contributed by atoms with Crippen LogP contribution in [-0.4, -0.2) is 44.3 Å². The van der Waals surface area contributed by atoms with Gasteiger partial charge in [0.2, 0.25) is 0 Å². The first-order valence-corrected chi connectivity index (χ1v) is 8.16. The Morgan fingerprint density at radius 3 is 1.50 bits per heavy atom. The molecule has 0 atom stereocenters. The minimum Gasteiger partial charge on any atom is -0.478 e. The second-order valence-corrected chi connectivity index (χ2v) is 6.75. The van der Waals surface area contributed by atoms with Gasteiger partial charge >= 0.3 is 23.9 Å². The van der Waals surface area contributed by atoms with E-state index in [4.69, 9.17) is 0 Å². The topological polar surface area (TPSA) is 149 Å². The molecule has 24 heavy (non-hydrogen) atoms. The summed E-state index contributed by atoms with van der Waals surface area (Å²) in [6.07, 6.45) is 0. The maximum absolute atomic E-state index is 11.7. The molecule has 2 aromatic carbocycles. The van der Waals surface area contributed by atoms with Crippen LogP contribution < -0.4 is 0 Å². The number of hydrogen-bond donors (Lipinski definition) is 4. The Morgan fingerprint density at radius 1 is 0.667 bits per heavy atom. The van der Waals surface area contributed by atoms with E-state index in [0.717, 1.165) is 0 Å². The number of carboxylic acid groups (broad SMARTS) is 4. The lowest BCUT2D eigenvalue weighted by molar-refractivity contribution is 0.0621. The maximum Gasteiger partial charge on any atom is 0.337 e. The Balaban J connectivity index is 3.36. The zero-order valence-corrected chi connectivity index (χ0v) is 15.6. The van der Waals surface area contributed by atoms with Gasteiger partial charge in [-0.25, -0.2) is 19.2 Å². The minimum atomic E-state index is -1.83. The van der Waals surface area contributed by atoms with E-state index in [-0.39, 0.29) is 10.8 Å². The normalized spacial score (nSPS) is 10.6. The molecule has 0 aliphatic carbocycles. The number of rotatable bonds is 4. The molecular formula is C14H6I2O8. The van der Waals surface area contributed by atoms with Gasteiger partial charge in [0.05, 0.1) is 22.3 Å². The molecule has 0 amide bonds. The second-order valence-electron chi connectivity index (χ2n) is 4.50. The predicted molar refractivity (Wildman–Crippen MR) is 97.2 cm³/mol. The molecule has 0 aliphatic heterocycles. The smallest absolute Gasteiger partial charge is 0.337 e. The van der Waals surface area contributed by atoms with Crippen LogP contribution in [0.5, 0.6) is 0 Å². The third-order valence-corrected chi connectivity index (χ3v) is 6.27. The molecule has 0 radical (unpaired) electrons. The largest absolute Gasteiger partial charge is 0.478 e. The van der Waals surface area contributed by atoms with Crippen molar-refractivity contribution in [3.8, 4) is 0 Å². The summed E-state index contributed by atoms with van der Waals surface area (Å²) in [6, 6.07) is 2.77. The summed E-state index contributed by atoms with van der Waals surface area (Å²) in [5.41, 5.74) is -3.62. The van der Waals surface area contributed by atoms with Crippen LogP contribution in [0.2, 0.25) is 0 Å². The Hall–Kier alpha value is -1.96. The van der Waals surface area contributed by atoms with Gasteiger partial charge in [0.15, 0.2) is 0 Å². The molecule has 2 aromatic rings. The first kappa shape index (κ1) is 18.4. The number of carbonyl (C=O) groups is 4. The third kappa shape index (κ3) is 2.79. The van der Waals surface area contributed by atoms with Crippen LogP contribution in [0.3, 0.4) is 0 Å². The quantitative estimate of drug-likeness (QED) is 0.421. The third-order valence-electron chi connectivity index (χ3n) is 3.22. The molecule has 0 bridgehead atoms. The zero-order chi connectivity index (χ0) is 18.3. The average molecular weight is 556 g/mol. The van der Waals surface area contributed by atoms with Crippen molar-refractivity contribution in [1.29, 1.82) is 0 Å². The summed E-state index contributed by atoms with van der Waals surface area (Å²) in [7, 11) is 0. The summed E-state index contributed by atoms with van der Waals surface area (Å²) in [5, 5.41) is 37.2. The fraction of sp³-hybridized carbons (Fsp3) is 0. The highest BCUT2D eigenvalue weighted by Gasteiger charge is 2.34. The van der Waals surface area contributed by atoms with Crippen molar-refractivity contribution in [2.75, 3.05) is 0 Å². The van der Waals surface area contributed by atoms with Crippen molar-refractivity contribution in [2.45, 2.75) is 0 Å². The summed E-state index contributed by atoms with van der Waals surface area (Å²) < 4.78 is 0.893. The first-order chi connectivity index (χ1) is 11.1. The van der Waals surface area contributed by atoms with E-state index in [1.54, 1.807) is 22.6 Å². The van der Waals surface area contributed by atoms with Crippen LogP contribution in [0.15, 0.2) is 12.1 Å². The van der Waals surface area contributed by atoms with Crippen molar-refractivity contribution in [3.05, 3.63) is 41.5 Å². The van der Waals surface area contributed by atoms with Gasteiger partial charge in [-0.15, -0.1) is 0 Å². The first-order valence-electron chi connectivity index (χ1n) is 6.00. The van der Waals surface area contributed by atoms with Gasteiger partial charge in [-0.1, -0.05) is 6.07 Å². The molecule has 8 nitrogen and oxygen atoms in total. The number of carboxylic acids is 4. The molecule has 0 saturated carbocycles. The molecule has 0 saturated heterocycles. The van der Waals surface area contributed by atoms with Gasteiger partial charge in [0.25, 0.3) is 0 Å². The van der Waals surface area contributed by atoms with Gasteiger partial charge < -0.3 is 20.4 Å². The summed E-state index contributed by atoms with van der Waals surface area (Å²) in [6.45, 7) is 0. The van der Waals surface area contributed by atoms with Gasteiger partial charge in [-0.3, -0.25) is 0 Å². The van der Waals surface area contributed by atoms with Crippen LogP contribution in [-0.2, 0) is 0 Å². The highest BCUT2D eigenvalue weighted by atomic mass is 127. The molecule has 2 rings (SSSR count). The average Bonchev–Trinajstić information content (AvgIpc) is 2.47. The van der Waals surface area contributed by atoms with Crippen LogP contribution in [0, 0.1) is 7.14 Å². The Bertz CT molecular complexity index is 948.